The minimum atomic E-state index is -3.39. The van der Waals surface area contributed by atoms with Crippen molar-refractivity contribution < 1.29 is 21.6 Å². The molecule has 0 saturated carbocycles. The Labute approximate surface area is 155 Å². The number of benzene rings is 2. The zero-order valence-corrected chi connectivity index (χ0v) is 15.7. The summed E-state index contributed by atoms with van der Waals surface area (Å²) in [6.45, 7) is 2.33. The van der Waals surface area contributed by atoms with Gasteiger partial charge in [-0.2, -0.15) is 8.78 Å². The summed E-state index contributed by atoms with van der Waals surface area (Å²) in [4.78, 5) is 4.10. The molecule has 0 aliphatic heterocycles. The molecule has 0 radical (unpaired) electrons. The number of halogens is 3. The predicted molar refractivity (Wildman–Crippen MR) is 96.4 cm³/mol. The number of rotatable bonds is 4. The number of hydrogen-bond donors (Lipinski definition) is 0. The fourth-order valence-electron chi connectivity index (χ4n) is 2.58. The maximum atomic E-state index is 14.0. The second kappa shape index (κ2) is 6.53. The van der Waals surface area contributed by atoms with E-state index in [-0.39, 0.29) is 10.7 Å². The number of aryl methyl sites for hydroxylation is 1. The second-order valence-corrected chi connectivity index (χ2v) is 8.45. The molecule has 0 aliphatic carbocycles. The molecule has 0 unspecified atom stereocenters. The first-order valence-electron chi connectivity index (χ1n) is 8.01. The molecule has 142 valence electrons. The minimum Gasteiger partial charge on any atom is -0.299 e. The molecule has 0 amide bonds. The van der Waals surface area contributed by atoms with E-state index in [9.17, 15) is 21.6 Å². The lowest BCUT2D eigenvalue weighted by Gasteiger charge is -2.09. The molecule has 0 N–H and O–H groups in total. The first-order chi connectivity index (χ1) is 12.5. The maximum absolute atomic E-state index is 14.0. The van der Waals surface area contributed by atoms with E-state index in [1.807, 2.05) is 0 Å². The first-order valence-corrected chi connectivity index (χ1v) is 9.90. The Bertz CT molecular complexity index is 1100. The van der Waals surface area contributed by atoms with Crippen LogP contribution >= 0.6 is 0 Å². The van der Waals surface area contributed by atoms with Crippen LogP contribution in [0.4, 0.5) is 13.2 Å². The fourth-order valence-corrected chi connectivity index (χ4v) is 3.21. The van der Waals surface area contributed by atoms with Crippen molar-refractivity contribution in [2.24, 2.45) is 0 Å². The lowest BCUT2D eigenvalue weighted by atomic mass is 10.1. The van der Waals surface area contributed by atoms with Crippen LogP contribution in [0.2, 0.25) is 0 Å². The third-order valence-electron chi connectivity index (χ3n) is 4.13. The number of alkyl halides is 2. The van der Waals surface area contributed by atoms with E-state index in [0.29, 0.717) is 16.8 Å². The Balaban J connectivity index is 2.19. The Hall–Kier alpha value is -2.61. The summed E-state index contributed by atoms with van der Waals surface area (Å²) in [5, 5.41) is 0. The van der Waals surface area contributed by atoms with Gasteiger partial charge in [0.2, 0.25) is 0 Å². The molecular weight excluding hydrogens is 377 g/mol. The summed E-state index contributed by atoms with van der Waals surface area (Å²) in [6.07, 6.45) is 2.25. The van der Waals surface area contributed by atoms with Gasteiger partial charge in [-0.3, -0.25) is 4.57 Å². The van der Waals surface area contributed by atoms with Crippen LogP contribution in [0.5, 0.6) is 0 Å². The van der Waals surface area contributed by atoms with Crippen LogP contribution in [0, 0.1) is 12.7 Å². The fraction of sp³-hybridized carbons (Fsp3) is 0.211. The summed E-state index contributed by atoms with van der Waals surface area (Å²) in [5.74, 6) is -3.52. The van der Waals surface area contributed by atoms with Crippen LogP contribution in [-0.2, 0) is 15.8 Å². The molecule has 1 aromatic heterocycles. The molecule has 0 bridgehead atoms. The lowest BCUT2D eigenvalue weighted by molar-refractivity contribution is 0.0132. The zero-order chi connectivity index (χ0) is 20.0. The number of nitrogens with zero attached hydrogens (tertiary/aromatic N) is 2. The minimum absolute atomic E-state index is 0.107. The molecule has 0 atom stereocenters. The molecule has 1 heterocycles. The molecule has 8 heteroatoms. The molecule has 27 heavy (non-hydrogen) atoms. The molecule has 0 saturated heterocycles. The first kappa shape index (κ1) is 19.2. The normalized spacial score (nSPS) is 12.4. The molecule has 0 aliphatic rings. The van der Waals surface area contributed by atoms with Crippen LogP contribution in [0.25, 0.3) is 17.1 Å². The quantitative estimate of drug-likeness (QED) is 0.655. The average Bonchev–Trinajstić information content (AvgIpc) is 3.02. The molecule has 4 nitrogen and oxygen atoms in total. The van der Waals surface area contributed by atoms with Crippen molar-refractivity contribution in [2.45, 2.75) is 24.7 Å². The van der Waals surface area contributed by atoms with E-state index < -0.39 is 27.3 Å². The molecule has 2 aromatic carbocycles. The van der Waals surface area contributed by atoms with Gasteiger partial charge in [-0.15, -0.1) is 0 Å². The van der Waals surface area contributed by atoms with Gasteiger partial charge in [0.15, 0.2) is 9.84 Å². The van der Waals surface area contributed by atoms with Crippen molar-refractivity contribution in [2.75, 3.05) is 6.26 Å². The third kappa shape index (κ3) is 3.90. The van der Waals surface area contributed by atoms with Crippen LogP contribution in [-0.4, -0.2) is 24.2 Å². The van der Waals surface area contributed by atoms with E-state index >= 15 is 0 Å². The molecule has 3 rings (SSSR count). The SMILES string of the molecule is Cc1ccc(-c2nc(C(C)(F)F)cn2-c2ccc(S(C)(=O)=O)cc2)cc1F. The zero-order valence-electron chi connectivity index (χ0n) is 14.9. The van der Waals surface area contributed by atoms with Crippen LogP contribution in [0.15, 0.2) is 53.6 Å². The van der Waals surface area contributed by atoms with Crippen LogP contribution < -0.4 is 0 Å². The molecule has 3 aromatic rings. The van der Waals surface area contributed by atoms with Crippen LogP contribution in [0.1, 0.15) is 18.2 Å². The molecule has 0 spiro atoms. The smallest absolute Gasteiger partial charge is 0.288 e. The van der Waals surface area contributed by atoms with E-state index in [0.717, 1.165) is 13.2 Å². The van der Waals surface area contributed by atoms with E-state index in [1.54, 1.807) is 19.1 Å². The largest absolute Gasteiger partial charge is 0.299 e. The van der Waals surface area contributed by atoms with Gasteiger partial charge >= 0.3 is 0 Å². The van der Waals surface area contributed by atoms with Gasteiger partial charge < -0.3 is 0 Å². The van der Waals surface area contributed by atoms with Gasteiger partial charge in [0.1, 0.15) is 17.3 Å². The second-order valence-electron chi connectivity index (χ2n) is 6.44. The van der Waals surface area contributed by atoms with Crippen molar-refractivity contribution in [3.05, 3.63) is 65.7 Å². The number of hydrogen-bond acceptors (Lipinski definition) is 3. The van der Waals surface area contributed by atoms with Gasteiger partial charge in [0.25, 0.3) is 5.92 Å². The van der Waals surface area contributed by atoms with Crippen molar-refractivity contribution in [1.82, 2.24) is 9.55 Å². The highest BCUT2D eigenvalue weighted by Gasteiger charge is 2.29. The van der Waals surface area contributed by atoms with Gasteiger partial charge in [0.05, 0.1) is 4.90 Å². The summed E-state index contributed by atoms with van der Waals surface area (Å²) < 4.78 is 66.2. The van der Waals surface area contributed by atoms with Crippen LogP contribution in [0.3, 0.4) is 0 Å². The average molecular weight is 394 g/mol. The Kier molecular flexibility index (Phi) is 4.63. The highest BCUT2D eigenvalue weighted by atomic mass is 32.2. The summed E-state index contributed by atoms with van der Waals surface area (Å²) in [7, 11) is -3.39. The van der Waals surface area contributed by atoms with Crippen molar-refractivity contribution in [1.29, 1.82) is 0 Å². The van der Waals surface area contributed by atoms with E-state index in [1.165, 1.54) is 41.1 Å². The number of imidazole rings is 1. The van der Waals surface area contributed by atoms with E-state index in [2.05, 4.69) is 4.98 Å². The third-order valence-corrected chi connectivity index (χ3v) is 5.26. The Morgan fingerprint density at radius 1 is 1.07 bits per heavy atom. The maximum Gasteiger partial charge on any atom is 0.288 e. The standard InChI is InChI=1S/C19H17F3N2O2S/c1-12-4-5-13(10-16(12)20)18-23-17(19(2,21)22)11-24(18)14-6-8-15(9-7-14)27(3,25)26/h4-11H,1-3H3. The number of sulfone groups is 1. The van der Waals surface area contributed by atoms with Gasteiger partial charge in [0, 0.05) is 30.6 Å². The topological polar surface area (TPSA) is 52.0 Å². The lowest BCUT2D eigenvalue weighted by Crippen LogP contribution is -2.07. The number of aromatic nitrogens is 2. The summed E-state index contributed by atoms with van der Waals surface area (Å²) in [6, 6.07) is 10.1. The van der Waals surface area contributed by atoms with Crippen molar-refractivity contribution in [3.63, 3.8) is 0 Å². The van der Waals surface area contributed by atoms with E-state index in [4.69, 9.17) is 0 Å². The monoisotopic (exact) mass is 394 g/mol. The summed E-state index contributed by atoms with van der Waals surface area (Å²) >= 11 is 0. The Morgan fingerprint density at radius 2 is 1.70 bits per heavy atom. The van der Waals surface area contributed by atoms with Gasteiger partial charge in [-0.05, 0) is 42.8 Å². The van der Waals surface area contributed by atoms with Crippen molar-refractivity contribution in [3.8, 4) is 17.1 Å². The highest BCUT2D eigenvalue weighted by molar-refractivity contribution is 7.90. The van der Waals surface area contributed by atoms with Crippen molar-refractivity contribution >= 4 is 9.84 Å². The highest BCUT2D eigenvalue weighted by Crippen LogP contribution is 2.32. The molecule has 0 fully saturated rings. The van der Waals surface area contributed by atoms with Gasteiger partial charge in [-0.25, -0.2) is 17.8 Å². The summed E-state index contributed by atoms with van der Waals surface area (Å²) in [5.41, 5.74) is 0.725. The predicted octanol–water partition coefficient (Wildman–Crippen LogP) is 4.50. The van der Waals surface area contributed by atoms with Gasteiger partial charge in [-0.1, -0.05) is 12.1 Å². The Morgan fingerprint density at radius 3 is 2.22 bits per heavy atom. The molecular formula is C19H17F3N2O2S.